The van der Waals surface area contributed by atoms with E-state index in [1.165, 1.54) is 58.4 Å². The molecule has 0 amide bonds. The van der Waals surface area contributed by atoms with Gasteiger partial charge < -0.3 is 15.1 Å². The molecule has 2 saturated heterocycles. The van der Waals surface area contributed by atoms with Crippen molar-refractivity contribution in [3.63, 3.8) is 0 Å². The molecule has 0 bridgehead atoms. The Bertz CT molecular complexity index is 242. The highest BCUT2D eigenvalue weighted by Crippen LogP contribution is 2.17. The molecular formula is C15H31N3. The van der Waals surface area contributed by atoms with Gasteiger partial charge in [0.1, 0.15) is 0 Å². The second kappa shape index (κ2) is 6.88. The minimum absolute atomic E-state index is 0.682. The first-order valence-electron chi connectivity index (χ1n) is 7.83. The van der Waals surface area contributed by atoms with Gasteiger partial charge in [-0.3, -0.25) is 0 Å². The van der Waals surface area contributed by atoms with Gasteiger partial charge in [-0.2, -0.15) is 0 Å². The molecule has 0 aliphatic carbocycles. The number of likely N-dealkylation sites (N-methyl/N-ethyl adjacent to an activating group) is 1. The summed E-state index contributed by atoms with van der Waals surface area (Å²) in [5.41, 5.74) is 0. The van der Waals surface area contributed by atoms with E-state index in [1.807, 2.05) is 0 Å². The summed E-state index contributed by atoms with van der Waals surface area (Å²) in [7, 11) is 2.31. The molecule has 0 radical (unpaired) electrons. The molecule has 0 aromatic rings. The fourth-order valence-electron chi connectivity index (χ4n) is 3.31. The maximum atomic E-state index is 3.70. The molecule has 2 atom stereocenters. The Kier molecular flexibility index (Phi) is 5.46. The molecular weight excluding hydrogens is 222 g/mol. The van der Waals surface area contributed by atoms with Gasteiger partial charge in [0.2, 0.25) is 0 Å². The Morgan fingerprint density at radius 1 is 1.17 bits per heavy atom. The van der Waals surface area contributed by atoms with Gasteiger partial charge in [-0.05, 0) is 51.9 Å². The third kappa shape index (κ3) is 3.94. The molecule has 1 N–H and O–H groups in total. The maximum Gasteiger partial charge on any atom is 0.0220 e. The van der Waals surface area contributed by atoms with Gasteiger partial charge in [0.25, 0.3) is 0 Å². The fraction of sp³-hybridized carbons (Fsp3) is 1.00. The number of hydrogen-bond acceptors (Lipinski definition) is 3. The fourth-order valence-corrected chi connectivity index (χ4v) is 3.31. The van der Waals surface area contributed by atoms with E-state index in [0.29, 0.717) is 6.04 Å². The largest absolute Gasteiger partial charge is 0.312 e. The zero-order chi connectivity index (χ0) is 13.0. The monoisotopic (exact) mass is 253 g/mol. The first kappa shape index (κ1) is 14.3. The van der Waals surface area contributed by atoms with Gasteiger partial charge in [-0.15, -0.1) is 0 Å². The first-order valence-corrected chi connectivity index (χ1v) is 7.83. The Morgan fingerprint density at radius 3 is 2.72 bits per heavy atom. The van der Waals surface area contributed by atoms with Crippen LogP contribution in [0.25, 0.3) is 0 Å². The van der Waals surface area contributed by atoms with Crippen LogP contribution in [-0.4, -0.2) is 61.7 Å². The van der Waals surface area contributed by atoms with Crippen LogP contribution in [-0.2, 0) is 0 Å². The number of nitrogens with zero attached hydrogens (tertiary/aromatic N) is 2. The normalized spacial score (nSPS) is 32.7. The van der Waals surface area contributed by atoms with Crippen LogP contribution in [0, 0.1) is 5.92 Å². The summed E-state index contributed by atoms with van der Waals surface area (Å²) in [6.07, 6.45) is 5.52. The topological polar surface area (TPSA) is 18.5 Å². The summed E-state index contributed by atoms with van der Waals surface area (Å²) in [5.74, 6) is 0.745. The number of hydrogen-bond donors (Lipinski definition) is 1. The summed E-state index contributed by atoms with van der Waals surface area (Å²) in [6, 6.07) is 1.48. The number of rotatable bonds is 3. The van der Waals surface area contributed by atoms with Crippen molar-refractivity contribution in [3.05, 3.63) is 0 Å². The SMILES string of the molecule is CC(C)C1CN(CC2CCCCN2C)CCCN1. The van der Waals surface area contributed by atoms with Crippen LogP contribution < -0.4 is 5.32 Å². The molecule has 2 fully saturated rings. The Morgan fingerprint density at radius 2 is 2.00 bits per heavy atom. The second-order valence-corrected chi connectivity index (χ2v) is 6.55. The average Bonchev–Trinajstić information content (AvgIpc) is 2.58. The van der Waals surface area contributed by atoms with Crippen LogP contribution in [0.4, 0.5) is 0 Å². The Labute approximate surface area is 113 Å². The zero-order valence-electron chi connectivity index (χ0n) is 12.5. The van der Waals surface area contributed by atoms with Gasteiger partial charge in [0.05, 0.1) is 0 Å². The summed E-state index contributed by atoms with van der Waals surface area (Å²) < 4.78 is 0. The smallest absolute Gasteiger partial charge is 0.0220 e. The van der Waals surface area contributed by atoms with E-state index in [9.17, 15) is 0 Å². The molecule has 0 spiro atoms. The van der Waals surface area contributed by atoms with Crippen molar-refractivity contribution in [1.82, 2.24) is 15.1 Å². The summed E-state index contributed by atoms with van der Waals surface area (Å²) >= 11 is 0. The van der Waals surface area contributed by atoms with E-state index >= 15 is 0 Å². The molecule has 106 valence electrons. The molecule has 0 aromatic carbocycles. The van der Waals surface area contributed by atoms with Crippen molar-refractivity contribution >= 4 is 0 Å². The van der Waals surface area contributed by atoms with Gasteiger partial charge in [-0.25, -0.2) is 0 Å². The van der Waals surface area contributed by atoms with Crippen molar-refractivity contribution in [2.45, 2.75) is 51.6 Å². The number of likely N-dealkylation sites (tertiary alicyclic amines) is 1. The Balaban J connectivity index is 1.86. The average molecular weight is 253 g/mol. The number of nitrogens with one attached hydrogen (secondary N) is 1. The van der Waals surface area contributed by atoms with Crippen LogP contribution in [0.3, 0.4) is 0 Å². The zero-order valence-corrected chi connectivity index (χ0v) is 12.5. The van der Waals surface area contributed by atoms with Gasteiger partial charge >= 0.3 is 0 Å². The third-order valence-corrected chi connectivity index (χ3v) is 4.71. The van der Waals surface area contributed by atoms with E-state index in [0.717, 1.165) is 12.0 Å². The van der Waals surface area contributed by atoms with Crippen LogP contribution in [0.2, 0.25) is 0 Å². The predicted octanol–water partition coefficient (Wildman–Crippen LogP) is 1.79. The molecule has 2 heterocycles. The van der Waals surface area contributed by atoms with Crippen molar-refractivity contribution < 1.29 is 0 Å². The first-order chi connectivity index (χ1) is 8.66. The van der Waals surface area contributed by atoms with E-state index in [2.05, 4.69) is 36.0 Å². The van der Waals surface area contributed by atoms with Crippen molar-refractivity contribution in [3.8, 4) is 0 Å². The molecule has 2 aliphatic heterocycles. The van der Waals surface area contributed by atoms with E-state index in [1.54, 1.807) is 0 Å². The highest BCUT2D eigenvalue weighted by atomic mass is 15.2. The molecule has 2 unspecified atom stereocenters. The molecule has 3 nitrogen and oxygen atoms in total. The van der Waals surface area contributed by atoms with Crippen LogP contribution in [0.15, 0.2) is 0 Å². The second-order valence-electron chi connectivity index (χ2n) is 6.55. The lowest BCUT2D eigenvalue weighted by atomic mass is 10.0. The molecule has 0 saturated carbocycles. The number of piperidine rings is 1. The lowest BCUT2D eigenvalue weighted by molar-refractivity contribution is 0.124. The van der Waals surface area contributed by atoms with Crippen molar-refractivity contribution in [1.29, 1.82) is 0 Å². The molecule has 3 heteroatoms. The van der Waals surface area contributed by atoms with E-state index < -0.39 is 0 Å². The van der Waals surface area contributed by atoms with Crippen LogP contribution >= 0.6 is 0 Å². The lowest BCUT2D eigenvalue weighted by Crippen LogP contribution is -2.48. The molecule has 2 aliphatic rings. The quantitative estimate of drug-likeness (QED) is 0.827. The standard InChI is InChI=1S/C15H31N3/c1-13(2)15-12-18(10-6-8-16-15)11-14-7-4-5-9-17(14)3/h13-16H,4-12H2,1-3H3. The molecule has 18 heavy (non-hydrogen) atoms. The summed E-state index contributed by atoms with van der Waals surface area (Å²) in [5, 5.41) is 3.70. The third-order valence-electron chi connectivity index (χ3n) is 4.71. The van der Waals surface area contributed by atoms with Crippen LogP contribution in [0.5, 0.6) is 0 Å². The Hall–Kier alpha value is -0.120. The predicted molar refractivity (Wildman–Crippen MR) is 78.0 cm³/mol. The minimum Gasteiger partial charge on any atom is -0.312 e. The molecule has 2 rings (SSSR count). The van der Waals surface area contributed by atoms with E-state index in [4.69, 9.17) is 0 Å². The van der Waals surface area contributed by atoms with E-state index in [-0.39, 0.29) is 0 Å². The lowest BCUT2D eigenvalue weighted by Gasteiger charge is -2.37. The maximum absolute atomic E-state index is 3.70. The van der Waals surface area contributed by atoms with Crippen molar-refractivity contribution in [2.24, 2.45) is 5.92 Å². The van der Waals surface area contributed by atoms with Gasteiger partial charge in [0.15, 0.2) is 0 Å². The van der Waals surface area contributed by atoms with Gasteiger partial charge in [0, 0.05) is 25.2 Å². The highest BCUT2D eigenvalue weighted by molar-refractivity contribution is 4.83. The molecule has 0 aromatic heterocycles. The summed E-state index contributed by atoms with van der Waals surface area (Å²) in [4.78, 5) is 5.28. The van der Waals surface area contributed by atoms with Crippen molar-refractivity contribution in [2.75, 3.05) is 39.8 Å². The van der Waals surface area contributed by atoms with Gasteiger partial charge in [-0.1, -0.05) is 20.3 Å². The highest BCUT2D eigenvalue weighted by Gasteiger charge is 2.25. The minimum atomic E-state index is 0.682. The van der Waals surface area contributed by atoms with Crippen LogP contribution in [0.1, 0.15) is 39.5 Å². The summed E-state index contributed by atoms with van der Waals surface area (Å²) in [6.45, 7) is 11.0.